The number of carbonyl (C=O) groups is 1. The lowest BCUT2D eigenvalue weighted by Gasteiger charge is -2.05. The van der Waals surface area contributed by atoms with E-state index in [1.54, 1.807) is 43.5 Å². The molecule has 1 aromatic heterocycles. The van der Waals surface area contributed by atoms with Gasteiger partial charge in [0, 0.05) is 18.2 Å². The Morgan fingerprint density at radius 3 is 2.44 bits per heavy atom. The minimum Gasteiger partial charge on any atom is -0.459 e. The van der Waals surface area contributed by atoms with Gasteiger partial charge in [-0.1, -0.05) is 12.1 Å². The number of halogens is 1. The molecule has 0 aliphatic carbocycles. The Labute approximate surface area is 145 Å². The molecule has 2 aromatic carbocycles. The summed E-state index contributed by atoms with van der Waals surface area (Å²) in [5.41, 5.74) is 2.37. The molecule has 0 saturated carbocycles. The third kappa shape index (κ3) is 4.33. The van der Waals surface area contributed by atoms with Gasteiger partial charge in [0.25, 0.3) is 5.91 Å². The summed E-state index contributed by atoms with van der Waals surface area (Å²) in [5, 5.41) is 2.82. The predicted molar refractivity (Wildman–Crippen MR) is 92.4 cm³/mol. The number of amides is 1. The van der Waals surface area contributed by atoms with Crippen molar-refractivity contribution in [3.63, 3.8) is 0 Å². The maximum atomic E-state index is 13.0. The molecule has 0 radical (unpaired) electrons. The highest BCUT2D eigenvalue weighted by Crippen LogP contribution is 2.22. The van der Waals surface area contributed by atoms with E-state index in [9.17, 15) is 9.18 Å². The zero-order valence-corrected chi connectivity index (χ0v) is 13.8. The fourth-order valence-corrected chi connectivity index (χ4v) is 2.43. The topological polar surface area (TPSA) is 51.5 Å². The highest BCUT2D eigenvalue weighted by molar-refractivity contribution is 5.94. The lowest BCUT2D eigenvalue weighted by atomic mass is 10.1. The number of carbonyl (C=O) groups excluding carboxylic acids is 1. The smallest absolute Gasteiger partial charge is 0.251 e. The van der Waals surface area contributed by atoms with Gasteiger partial charge in [-0.05, 0) is 54.1 Å². The van der Waals surface area contributed by atoms with Gasteiger partial charge in [0.05, 0.1) is 13.2 Å². The van der Waals surface area contributed by atoms with Crippen molar-refractivity contribution in [2.45, 2.75) is 13.2 Å². The van der Waals surface area contributed by atoms with Gasteiger partial charge in [0.1, 0.15) is 17.3 Å². The van der Waals surface area contributed by atoms with E-state index in [-0.39, 0.29) is 18.3 Å². The second kappa shape index (κ2) is 7.77. The van der Waals surface area contributed by atoms with Crippen molar-refractivity contribution in [3.05, 3.63) is 83.4 Å². The summed E-state index contributed by atoms with van der Waals surface area (Å²) in [5.74, 6) is 0.792. The number of furan rings is 1. The maximum Gasteiger partial charge on any atom is 0.251 e. The SMILES string of the molecule is COCc1ccc(C(=O)NCc2ccc(-c3ccc(F)cc3)o2)cc1. The van der Waals surface area contributed by atoms with Crippen LogP contribution in [-0.4, -0.2) is 13.0 Å². The standard InChI is InChI=1S/C20H18FNO3/c1-24-13-14-2-4-16(5-3-14)20(23)22-12-18-10-11-19(25-18)15-6-8-17(21)9-7-15/h2-11H,12-13H2,1H3,(H,22,23). The van der Waals surface area contributed by atoms with E-state index in [1.165, 1.54) is 12.1 Å². The van der Waals surface area contributed by atoms with Crippen LogP contribution >= 0.6 is 0 Å². The first-order valence-electron chi connectivity index (χ1n) is 7.86. The number of benzene rings is 2. The van der Waals surface area contributed by atoms with Gasteiger partial charge in [-0.15, -0.1) is 0 Å². The third-order valence-corrected chi connectivity index (χ3v) is 3.74. The van der Waals surface area contributed by atoms with E-state index in [1.807, 2.05) is 12.1 Å². The van der Waals surface area contributed by atoms with Gasteiger partial charge in [0.2, 0.25) is 0 Å². The van der Waals surface area contributed by atoms with Crippen LogP contribution in [0.5, 0.6) is 0 Å². The van der Waals surface area contributed by atoms with Gasteiger partial charge < -0.3 is 14.5 Å². The van der Waals surface area contributed by atoms with E-state index in [0.29, 0.717) is 23.7 Å². The predicted octanol–water partition coefficient (Wildman–Crippen LogP) is 4.16. The Bertz CT molecular complexity index is 838. The minimum absolute atomic E-state index is 0.177. The number of hydrogen-bond donors (Lipinski definition) is 1. The molecule has 1 N–H and O–H groups in total. The molecule has 1 amide bonds. The van der Waals surface area contributed by atoms with E-state index in [2.05, 4.69) is 5.32 Å². The van der Waals surface area contributed by atoms with Crippen LogP contribution in [-0.2, 0) is 17.9 Å². The summed E-state index contributed by atoms with van der Waals surface area (Å²) in [6, 6.07) is 16.9. The Kier molecular flexibility index (Phi) is 5.26. The Balaban J connectivity index is 1.60. The number of methoxy groups -OCH3 is 1. The molecule has 0 aliphatic rings. The number of ether oxygens (including phenoxy) is 1. The van der Waals surface area contributed by atoms with Crippen molar-refractivity contribution >= 4 is 5.91 Å². The number of rotatable bonds is 6. The van der Waals surface area contributed by atoms with Gasteiger partial charge in [0.15, 0.2) is 0 Å². The molecule has 128 valence electrons. The summed E-state index contributed by atoms with van der Waals surface area (Å²) < 4.78 is 23.7. The molecule has 1 heterocycles. The summed E-state index contributed by atoms with van der Waals surface area (Å²) in [6.07, 6.45) is 0. The average molecular weight is 339 g/mol. The first kappa shape index (κ1) is 16.9. The molecule has 0 aliphatic heterocycles. The molecule has 0 bridgehead atoms. The average Bonchev–Trinajstić information content (AvgIpc) is 3.10. The van der Waals surface area contributed by atoms with Crippen LogP contribution < -0.4 is 5.32 Å². The van der Waals surface area contributed by atoms with Crippen LogP contribution in [0.3, 0.4) is 0 Å². The summed E-state index contributed by atoms with van der Waals surface area (Å²) >= 11 is 0. The molecule has 0 saturated heterocycles. The van der Waals surface area contributed by atoms with Gasteiger partial charge in [-0.3, -0.25) is 4.79 Å². The molecule has 3 aromatic rings. The normalized spacial score (nSPS) is 10.6. The maximum absolute atomic E-state index is 13.0. The summed E-state index contributed by atoms with van der Waals surface area (Å²) in [4.78, 5) is 12.2. The zero-order chi connectivity index (χ0) is 17.6. The third-order valence-electron chi connectivity index (χ3n) is 3.74. The summed E-state index contributed by atoms with van der Waals surface area (Å²) in [7, 11) is 1.63. The van der Waals surface area contributed by atoms with Crippen LogP contribution in [0.1, 0.15) is 21.7 Å². The monoisotopic (exact) mass is 339 g/mol. The van der Waals surface area contributed by atoms with E-state index in [4.69, 9.17) is 9.15 Å². The molecule has 0 fully saturated rings. The first-order chi connectivity index (χ1) is 12.2. The van der Waals surface area contributed by atoms with Crippen LogP contribution in [0.4, 0.5) is 4.39 Å². The van der Waals surface area contributed by atoms with Crippen molar-refractivity contribution in [3.8, 4) is 11.3 Å². The molecular weight excluding hydrogens is 321 g/mol. The van der Waals surface area contributed by atoms with E-state index in [0.717, 1.165) is 11.1 Å². The molecule has 5 heteroatoms. The van der Waals surface area contributed by atoms with E-state index >= 15 is 0 Å². The summed E-state index contributed by atoms with van der Waals surface area (Å²) in [6.45, 7) is 0.792. The lowest BCUT2D eigenvalue weighted by molar-refractivity contribution is 0.0948. The fourth-order valence-electron chi connectivity index (χ4n) is 2.43. The first-order valence-corrected chi connectivity index (χ1v) is 7.86. The second-order valence-corrected chi connectivity index (χ2v) is 5.59. The minimum atomic E-state index is -0.292. The second-order valence-electron chi connectivity index (χ2n) is 5.59. The highest BCUT2D eigenvalue weighted by Gasteiger charge is 2.08. The van der Waals surface area contributed by atoms with Crippen molar-refractivity contribution in [1.29, 1.82) is 0 Å². The van der Waals surface area contributed by atoms with Gasteiger partial charge in [-0.2, -0.15) is 0 Å². The quantitative estimate of drug-likeness (QED) is 0.733. The van der Waals surface area contributed by atoms with Crippen LogP contribution in [0.25, 0.3) is 11.3 Å². The fraction of sp³-hybridized carbons (Fsp3) is 0.150. The van der Waals surface area contributed by atoms with Gasteiger partial charge >= 0.3 is 0 Å². The Morgan fingerprint density at radius 1 is 1.04 bits per heavy atom. The van der Waals surface area contributed by atoms with Crippen molar-refractivity contribution < 1.29 is 18.3 Å². The van der Waals surface area contributed by atoms with E-state index < -0.39 is 0 Å². The zero-order valence-electron chi connectivity index (χ0n) is 13.8. The van der Waals surface area contributed by atoms with Crippen molar-refractivity contribution in [2.75, 3.05) is 7.11 Å². The number of nitrogens with one attached hydrogen (secondary N) is 1. The molecule has 3 rings (SSSR count). The largest absolute Gasteiger partial charge is 0.459 e. The molecule has 25 heavy (non-hydrogen) atoms. The van der Waals surface area contributed by atoms with Gasteiger partial charge in [-0.25, -0.2) is 4.39 Å². The highest BCUT2D eigenvalue weighted by atomic mass is 19.1. The van der Waals surface area contributed by atoms with Crippen LogP contribution in [0.15, 0.2) is 65.1 Å². The van der Waals surface area contributed by atoms with Crippen molar-refractivity contribution in [1.82, 2.24) is 5.32 Å². The molecular formula is C20H18FNO3. The molecule has 0 spiro atoms. The Hall–Kier alpha value is -2.92. The Morgan fingerprint density at radius 2 is 1.76 bits per heavy atom. The molecule has 0 atom stereocenters. The number of hydrogen-bond acceptors (Lipinski definition) is 3. The lowest BCUT2D eigenvalue weighted by Crippen LogP contribution is -2.22. The molecule has 4 nitrogen and oxygen atoms in total. The van der Waals surface area contributed by atoms with Crippen molar-refractivity contribution in [2.24, 2.45) is 0 Å². The van der Waals surface area contributed by atoms with Crippen LogP contribution in [0, 0.1) is 5.82 Å². The molecule has 0 unspecified atom stereocenters. The van der Waals surface area contributed by atoms with Crippen LogP contribution in [0.2, 0.25) is 0 Å².